The average Bonchev–Trinajstić information content (AvgIpc) is 3.47. The van der Waals surface area contributed by atoms with Crippen LogP contribution in [-0.4, -0.2) is 53.3 Å². The lowest BCUT2D eigenvalue weighted by atomic mass is 10.00. The van der Waals surface area contributed by atoms with Gasteiger partial charge in [-0.25, -0.2) is 0 Å². The van der Waals surface area contributed by atoms with Crippen molar-refractivity contribution in [1.29, 1.82) is 0 Å². The highest BCUT2D eigenvalue weighted by Gasteiger charge is 2.34. The highest BCUT2D eigenvalue weighted by Crippen LogP contribution is 2.38. The van der Waals surface area contributed by atoms with Gasteiger partial charge in [0, 0.05) is 24.1 Å². The van der Waals surface area contributed by atoms with Crippen molar-refractivity contribution in [2.75, 3.05) is 26.4 Å². The number of carbonyl (C=O) groups excluding carboxylic acids is 1. The molecule has 1 saturated heterocycles. The van der Waals surface area contributed by atoms with Crippen molar-refractivity contribution in [3.05, 3.63) is 29.5 Å². The molecule has 4 heterocycles. The highest BCUT2D eigenvalue weighted by atomic mass is 16.7. The van der Waals surface area contributed by atoms with Gasteiger partial charge < -0.3 is 18.9 Å². The van der Waals surface area contributed by atoms with Gasteiger partial charge in [0.05, 0.1) is 12.6 Å². The minimum absolute atomic E-state index is 0.0158. The number of benzene rings is 1. The van der Waals surface area contributed by atoms with Gasteiger partial charge in [0.2, 0.25) is 12.7 Å². The fourth-order valence-electron chi connectivity index (χ4n) is 4.52. The van der Waals surface area contributed by atoms with Crippen molar-refractivity contribution in [2.24, 2.45) is 0 Å². The van der Waals surface area contributed by atoms with E-state index >= 15 is 0 Å². The SMILES string of the molecule is CCC(C(=O)N1CCc2onc(-c3ccc4c(c3)OCO4)c2C1)N1CCCC1. The van der Waals surface area contributed by atoms with Crippen LogP contribution in [0.25, 0.3) is 11.3 Å². The number of rotatable bonds is 4. The Bertz CT molecular complexity index is 888. The Morgan fingerprint density at radius 3 is 2.82 bits per heavy atom. The molecule has 3 aliphatic heterocycles. The van der Waals surface area contributed by atoms with Crippen molar-refractivity contribution < 1.29 is 18.8 Å². The van der Waals surface area contributed by atoms with Gasteiger partial charge in [0.1, 0.15) is 11.5 Å². The predicted molar refractivity (Wildman–Crippen MR) is 102 cm³/mol. The van der Waals surface area contributed by atoms with E-state index in [0.29, 0.717) is 19.5 Å². The highest BCUT2D eigenvalue weighted by molar-refractivity contribution is 5.82. The molecule has 148 valence electrons. The summed E-state index contributed by atoms with van der Waals surface area (Å²) < 4.78 is 16.5. The van der Waals surface area contributed by atoms with Crippen molar-refractivity contribution in [1.82, 2.24) is 15.0 Å². The zero-order valence-corrected chi connectivity index (χ0v) is 16.1. The van der Waals surface area contributed by atoms with Gasteiger partial charge in [-0.1, -0.05) is 12.1 Å². The smallest absolute Gasteiger partial charge is 0.240 e. The van der Waals surface area contributed by atoms with Crippen molar-refractivity contribution >= 4 is 5.91 Å². The topological polar surface area (TPSA) is 68.0 Å². The summed E-state index contributed by atoms with van der Waals surface area (Å²) in [5.74, 6) is 2.58. The van der Waals surface area contributed by atoms with Crippen LogP contribution in [0.4, 0.5) is 0 Å². The number of nitrogens with zero attached hydrogens (tertiary/aromatic N) is 3. The van der Waals surface area contributed by atoms with Gasteiger partial charge in [-0.15, -0.1) is 0 Å². The molecule has 1 aromatic heterocycles. The van der Waals surface area contributed by atoms with Crippen LogP contribution in [0.1, 0.15) is 37.5 Å². The summed E-state index contributed by atoms with van der Waals surface area (Å²) >= 11 is 0. The summed E-state index contributed by atoms with van der Waals surface area (Å²) in [6.45, 7) is 5.64. The third kappa shape index (κ3) is 2.94. The number of carbonyl (C=O) groups is 1. The first-order chi connectivity index (χ1) is 13.7. The van der Waals surface area contributed by atoms with Crippen LogP contribution >= 0.6 is 0 Å². The molecule has 3 aliphatic rings. The second-order valence-corrected chi connectivity index (χ2v) is 7.68. The van der Waals surface area contributed by atoms with E-state index in [1.54, 1.807) is 0 Å². The Balaban J connectivity index is 1.39. The summed E-state index contributed by atoms with van der Waals surface area (Å²) in [5.41, 5.74) is 2.73. The molecule has 0 aliphatic carbocycles. The van der Waals surface area contributed by atoms with E-state index in [0.717, 1.165) is 53.6 Å². The van der Waals surface area contributed by atoms with E-state index in [1.807, 2.05) is 23.1 Å². The van der Waals surface area contributed by atoms with E-state index < -0.39 is 0 Å². The minimum Gasteiger partial charge on any atom is -0.454 e. The fourth-order valence-corrected chi connectivity index (χ4v) is 4.52. The quantitative estimate of drug-likeness (QED) is 0.809. The Kier molecular flexibility index (Phi) is 4.47. The number of amides is 1. The van der Waals surface area contributed by atoms with Gasteiger partial charge in [-0.2, -0.15) is 0 Å². The number of fused-ring (bicyclic) bond motifs is 2. The first kappa shape index (κ1) is 17.6. The molecule has 2 aromatic rings. The number of aromatic nitrogens is 1. The van der Waals surface area contributed by atoms with E-state index in [2.05, 4.69) is 17.0 Å². The molecule has 1 atom stereocenters. The summed E-state index contributed by atoms with van der Waals surface area (Å²) in [6.07, 6.45) is 3.93. The number of likely N-dealkylation sites (tertiary alicyclic amines) is 1. The normalized spacial score (nSPS) is 19.7. The second kappa shape index (κ2) is 7.13. The third-order valence-corrected chi connectivity index (χ3v) is 6.04. The Labute approximate surface area is 164 Å². The first-order valence-corrected chi connectivity index (χ1v) is 10.1. The molecule has 0 radical (unpaired) electrons. The largest absolute Gasteiger partial charge is 0.454 e. The summed E-state index contributed by atoms with van der Waals surface area (Å²) in [6, 6.07) is 5.77. The molecular formula is C21H25N3O4. The fraction of sp³-hybridized carbons (Fsp3) is 0.524. The predicted octanol–water partition coefficient (Wildman–Crippen LogP) is 2.83. The molecule has 0 N–H and O–H groups in total. The van der Waals surface area contributed by atoms with Crippen LogP contribution in [0.2, 0.25) is 0 Å². The summed E-state index contributed by atoms with van der Waals surface area (Å²) in [7, 11) is 0. The summed E-state index contributed by atoms with van der Waals surface area (Å²) in [4.78, 5) is 17.6. The molecule has 1 unspecified atom stereocenters. The van der Waals surface area contributed by atoms with E-state index in [-0.39, 0.29) is 18.7 Å². The van der Waals surface area contributed by atoms with E-state index in [4.69, 9.17) is 14.0 Å². The molecule has 1 fully saturated rings. The lowest BCUT2D eigenvalue weighted by molar-refractivity contribution is -0.137. The van der Waals surface area contributed by atoms with Crippen LogP contribution in [0.15, 0.2) is 22.7 Å². The Morgan fingerprint density at radius 1 is 1.18 bits per heavy atom. The summed E-state index contributed by atoms with van der Waals surface area (Å²) in [5, 5.41) is 4.31. The molecule has 7 nitrogen and oxygen atoms in total. The lowest BCUT2D eigenvalue weighted by Gasteiger charge is -2.33. The maximum Gasteiger partial charge on any atom is 0.240 e. The van der Waals surface area contributed by atoms with E-state index in [9.17, 15) is 4.79 Å². The van der Waals surface area contributed by atoms with Crippen LogP contribution in [0.3, 0.4) is 0 Å². The van der Waals surface area contributed by atoms with E-state index in [1.165, 1.54) is 12.8 Å². The average molecular weight is 383 g/mol. The van der Waals surface area contributed by atoms with Crippen LogP contribution < -0.4 is 9.47 Å². The van der Waals surface area contributed by atoms with Gasteiger partial charge in [0.25, 0.3) is 0 Å². The zero-order chi connectivity index (χ0) is 19.1. The minimum atomic E-state index is -0.0158. The van der Waals surface area contributed by atoms with Crippen molar-refractivity contribution in [2.45, 2.75) is 45.2 Å². The molecule has 1 amide bonds. The van der Waals surface area contributed by atoms with Crippen molar-refractivity contribution in [3.8, 4) is 22.8 Å². The molecular weight excluding hydrogens is 358 g/mol. The Morgan fingerprint density at radius 2 is 2.00 bits per heavy atom. The third-order valence-electron chi connectivity index (χ3n) is 6.04. The van der Waals surface area contributed by atoms with Crippen LogP contribution in [0, 0.1) is 0 Å². The van der Waals surface area contributed by atoms with Crippen LogP contribution in [-0.2, 0) is 17.8 Å². The van der Waals surface area contributed by atoms with Gasteiger partial charge >= 0.3 is 0 Å². The second-order valence-electron chi connectivity index (χ2n) is 7.68. The number of hydrogen-bond acceptors (Lipinski definition) is 6. The van der Waals surface area contributed by atoms with Crippen LogP contribution in [0.5, 0.6) is 11.5 Å². The zero-order valence-electron chi connectivity index (χ0n) is 16.1. The molecule has 5 rings (SSSR count). The monoisotopic (exact) mass is 383 g/mol. The van der Waals surface area contributed by atoms with Gasteiger partial charge in [0.15, 0.2) is 11.5 Å². The number of hydrogen-bond donors (Lipinski definition) is 0. The molecule has 0 spiro atoms. The molecule has 0 bridgehead atoms. The number of ether oxygens (including phenoxy) is 2. The lowest BCUT2D eigenvalue weighted by Crippen LogP contribution is -2.48. The molecule has 0 saturated carbocycles. The maximum absolute atomic E-state index is 13.2. The van der Waals surface area contributed by atoms with Gasteiger partial charge in [-0.3, -0.25) is 9.69 Å². The van der Waals surface area contributed by atoms with Crippen molar-refractivity contribution in [3.63, 3.8) is 0 Å². The standard InChI is InChI=1S/C21H25N3O4/c1-2-16(23-8-3-4-9-23)21(25)24-10-7-17-15(12-24)20(22-28-17)14-5-6-18-19(11-14)27-13-26-18/h5-6,11,16H,2-4,7-10,12-13H2,1H3. The molecule has 7 heteroatoms. The first-order valence-electron chi connectivity index (χ1n) is 10.1. The Hall–Kier alpha value is -2.54. The van der Waals surface area contributed by atoms with Gasteiger partial charge in [-0.05, 0) is 50.6 Å². The maximum atomic E-state index is 13.2. The molecule has 1 aromatic carbocycles. The molecule has 28 heavy (non-hydrogen) atoms.